The van der Waals surface area contributed by atoms with Gasteiger partial charge in [-0.05, 0) is 42.7 Å². The molecule has 33 heavy (non-hydrogen) atoms. The molecule has 1 fully saturated rings. The molecule has 178 valence electrons. The van der Waals surface area contributed by atoms with E-state index in [2.05, 4.69) is 54.5 Å². The van der Waals surface area contributed by atoms with E-state index in [1.807, 2.05) is 24.9 Å². The van der Waals surface area contributed by atoms with Crippen LogP contribution in [0.2, 0.25) is 0 Å². The van der Waals surface area contributed by atoms with Crippen molar-refractivity contribution in [1.29, 1.82) is 0 Å². The van der Waals surface area contributed by atoms with Gasteiger partial charge in [-0.1, -0.05) is 58.0 Å². The van der Waals surface area contributed by atoms with Crippen molar-refractivity contribution in [3.05, 3.63) is 47.9 Å². The Hall–Kier alpha value is -3.09. The monoisotopic (exact) mass is 452 g/mol. The molecule has 7 heteroatoms. The van der Waals surface area contributed by atoms with E-state index >= 15 is 0 Å². The number of carbonyl (C=O) groups is 2. The van der Waals surface area contributed by atoms with Gasteiger partial charge in [-0.15, -0.1) is 0 Å². The first kappa shape index (κ1) is 24.6. The van der Waals surface area contributed by atoms with Crippen molar-refractivity contribution in [3.8, 4) is 11.3 Å². The van der Waals surface area contributed by atoms with Crippen molar-refractivity contribution < 1.29 is 14.3 Å². The number of ether oxygens (including phenoxy) is 1. The van der Waals surface area contributed by atoms with Crippen LogP contribution in [0.25, 0.3) is 16.8 Å². The van der Waals surface area contributed by atoms with E-state index < -0.39 is 12.1 Å². The van der Waals surface area contributed by atoms with Gasteiger partial charge in [0.2, 0.25) is 5.91 Å². The van der Waals surface area contributed by atoms with E-state index in [9.17, 15) is 9.59 Å². The minimum Gasteiger partial charge on any atom is -0.453 e. The number of methoxy groups -OCH3 is 1. The number of aromatic nitrogens is 2. The number of imidazole rings is 1. The summed E-state index contributed by atoms with van der Waals surface area (Å²) in [5.74, 6) is 0.619. The number of likely N-dealkylation sites (tertiary alicyclic amines) is 1. The van der Waals surface area contributed by atoms with Gasteiger partial charge < -0.3 is 19.9 Å². The molecule has 1 aromatic carbocycles. The lowest BCUT2D eigenvalue weighted by Gasteiger charge is -2.29. The molecule has 0 radical (unpaired) electrons. The van der Waals surface area contributed by atoms with Crippen LogP contribution >= 0.6 is 0 Å². The zero-order valence-corrected chi connectivity index (χ0v) is 20.4. The van der Waals surface area contributed by atoms with Gasteiger partial charge >= 0.3 is 6.09 Å². The van der Waals surface area contributed by atoms with Crippen LogP contribution in [-0.4, -0.2) is 46.6 Å². The number of amides is 2. The lowest BCUT2D eigenvalue weighted by Crippen LogP contribution is -2.51. The molecule has 2 amide bonds. The smallest absolute Gasteiger partial charge is 0.407 e. The molecule has 2 atom stereocenters. The lowest BCUT2D eigenvalue weighted by atomic mass is 10.0. The van der Waals surface area contributed by atoms with Crippen LogP contribution in [0.1, 0.15) is 70.8 Å². The standard InChI is InChI=1S/C26H36N4O3/c1-6-9-18(7-2)19-11-13-20(14-12-19)21-16-27-24(28-21)22-10-8-15-30(22)25(31)23(17(3)4)29-26(32)33-5/h9,11-14,16-17,22-23H,6-8,10,15H2,1-5H3,(H,27,28)(H,29,32)/b18-9+/t22-,23-/m0/s1. The van der Waals surface area contributed by atoms with Gasteiger partial charge in [-0.2, -0.15) is 0 Å². The Morgan fingerprint density at radius 2 is 2.00 bits per heavy atom. The second-order valence-corrected chi connectivity index (χ2v) is 8.79. The fourth-order valence-electron chi connectivity index (χ4n) is 4.42. The topological polar surface area (TPSA) is 87.3 Å². The van der Waals surface area contributed by atoms with Crippen molar-refractivity contribution in [1.82, 2.24) is 20.2 Å². The number of nitrogens with zero attached hydrogens (tertiary/aromatic N) is 2. The van der Waals surface area contributed by atoms with Crippen molar-refractivity contribution >= 4 is 17.6 Å². The van der Waals surface area contributed by atoms with Gasteiger partial charge in [0.15, 0.2) is 0 Å². The van der Waals surface area contributed by atoms with Crippen molar-refractivity contribution in [2.75, 3.05) is 13.7 Å². The average molecular weight is 453 g/mol. The highest BCUT2D eigenvalue weighted by molar-refractivity contribution is 5.86. The Labute approximate surface area is 196 Å². The molecule has 0 bridgehead atoms. The number of alkyl carbamates (subject to hydrolysis) is 1. The SMILES string of the molecule is CC/C=C(\CC)c1ccc(-c2c[nH]c([C@@H]3CCCN3C(=O)[C@@H](NC(=O)OC)C(C)C)n2)cc1. The number of hydrogen-bond donors (Lipinski definition) is 2. The summed E-state index contributed by atoms with van der Waals surface area (Å²) >= 11 is 0. The molecule has 0 saturated carbocycles. The minimum absolute atomic E-state index is 0.0571. The Morgan fingerprint density at radius 3 is 2.61 bits per heavy atom. The number of nitrogens with one attached hydrogen (secondary N) is 2. The number of aromatic amines is 1. The van der Waals surface area contributed by atoms with E-state index in [4.69, 9.17) is 9.72 Å². The Balaban J connectivity index is 1.78. The zero-order valence-electron chi connectivity index (χ0n) is 20.4. The molecule has 1 saturated heterocycles. The largest absolute Gasteiger partial charge is 0.453 e. The molecule has 1 aromatic heterocycles. The third-order valence-corrected chi connectivity index (χ3v) is 6.22. The minimum atomic E-state index is -0.635. The van der Waals surface area contributed by atoms with Gasteiger partial charge in [0, 0.05) is 18.3 Å². The van der Waals surface area contributed by atoms with Gasteiger partial charge in [0.25, 0.3) is 0 Å². The summed E-state index contributed by atoms with van der Waals surface area (Å²) < 4.78 is 4.71. The maximum Gasteiger partial charge on any atom is 0.407 e. The number of rotatable bonds is 8. The van der Waals surface area contributed by atoms with Crippen LogP contribution in [0.5, 0.6) is 0 Å². The van der Waals surface area contributed by atoms with Crippen molar-refractivity contribution in [3.63, 3.8) is 0 Å². The van der Waals surface area contributed by atoms with Gasteiger partial charge in [0.05, 0.1) is 18.8 Å². The van der Waals surface area contributed by atoms with Gasteiger partial charge in [-0.25, -0.2) is 9.78 Å². The number of hydrogen-bond acceptors (Lipinski definition) is 4. The maximum absolute atomic E-state index is 13.3. The predicted octanol–water partition coefficient (Wildman–Crippen LogP) is 5.32. The third-order valence-electron chi connectivity index (χ3n) is 6.22. The Morgan fingerprint density at radius 1 is 1.27 bits per heavy atom. The number of benzene rings is 1. The third kappa shape index (κ3) is 5.64. The summed E-state index contributed by atoms with van der Waals surface area (Å²) in [6.07, 6.45) is 7.34. The van der Waals surface area contributed by atoms with Crippen LogP contribution in [0, 0.1) is 5.92 Å². The van der Waals surface area contributed by atoms with E-state index in [-0.39, 0.29) is 17.9 Å². The second-order valence-electron chi connectivity index (χ2n) is 8.79. The fourth-order valence-corrected chi connectivity index (χ4v) is 4.42. The molecule has 0 spiro atoms. The van der Waals surface area contributed by atoms with E-state index in [1.54, 1.807) is 0 Å². The molecule has 3 rings (SSSR count). The number of allylic oxidation sites excluding steroid dienone is 2. The normalized spacial score (nSPS) is 17.3. The highest BCUT2D eigenvalue weighted by Crippen LogP contribution is 2.33. The van der Waals surface area contributed by atoms with Crippen LogP contribution in [0.15, 0.2) is 36.5 Å². The summed E-state index contributed by atoms with van der Waals surface area (Å²) in [4.78, 5) is 35.0. The number of H-pyrrole nitrogens is 1. The molecule has 0 unspecified atom stereocenters. The predicted molar refractivity (Wildman–Crippen MR) is 130 cm³/mol. The quantitative estimate of drug-likeness (QED) is 0.567. The van der Waals surface area contributed by atoms with Crippen molar-refractivity contribution in [2.45, 2.75) is 65.5 Å². The molecular formula is C26H36N4O3. The summed E-state index contributed by atoms with van der Waals surface area (Å²) in [5, 5.41) is 2.69. The summed E-state index contributed by atoms with van der Waals surface area (Å²) in [6, 6.07) is 7.72. The lowest BCUT2D eigenvalue weighted by molar-refractivity contribution is -0.135. The summed E-state index contributed by atoms with van der Waals surface area (Å²) in [5.41, 5.74) is 4.49. The molecule has 2 aromatic rings. The molecule has 2 heterocycles. The molecule has 7 nitrogen and oxygen atoms in total. The fraction of sp³-hybridized carbons (Fsp3) is 0.500. The molecule has 1 aliphatic heterocycles. The first-order valence-electron chi connectivity index (χ1n) is 11.9. The van der Waals surface area contributed by atoms with E-state index in [0.29, 0.717) is 6.54 Å². The van der Waals surface area contributed by atoms with E-state index in [1.165, 1.54) is 18.2 Å². The van der Waals surface area contributed by atoms with Crippen molar-refractivity contribution in [2.24, 2.45) is 5.92 Å². The second kappa shape index (κ2) is 11.2. The van der Waals surface area contributed by atoms with Crippen LogP contribution in [0.3, 0.4) is 0 Å². The summed E-state index contributed by atoms with van der Waals surface area (Å²) in [6.45, 7) is 8.80. The Bertz CT molecular complexity index is 978. The molecule has 1 aliphatic rings. The first-order chi connectivity index (χ1) is 15.9. The Kier molecular flexibility index (Phi) is 8.31. The van der Waals surface area contributed by atoms with E-state index in [0.717, 1.165) is 42.8 Å². The zero-order chi connectivity index (χ0) is 24.0. The molecular weight excluding hydrogens is 416 g/mol. The molecule has 2 N–H and O–H groups in total. The molecule has 0 aliphatic carbocycles. The highest BCUT2D eigenvalue weighted by atomic mass is 16.5. The average Bonchev–Trinajstić information content (AvgIpc) is 3.50. The maximum atomic E-state index is 13.3. The van der Waals surface area contributed by atoms with Gasteiger partial charge in [-0.3, -0.25) is 4.79 Å². The van der Waals surface area contributed by atoms with Crippen LogP contribution in [0.4, 0.5) is 4.79 Å². The first-order valence-corrected chi connectivity index (χ1v) is 11.9. The van der Waals surface area contributed by atoms with Gasteiger partial charge in [0.1, 0.15) is 11.9 Å². The summed E-state index contributed by atoms with van der Waals surface area (Å²) in [7, 11) is 1.30. The number of carbonyl (C=O) groups excluding carboxylic acids is 2. The van der Waals surface area contributed by atoms with Crippen LogP contribution in [-0.2, 0) is 9.53 Å². The highest BCUT2D eigenvalue weighted by Gasteiger charge is 2.37. The van der Waals surface area contributed by atoms with Crippen LogP contribution < -0.4 is 5.32 Å².